The molecule has 0 spiro atoms. The third-order valence-corrected chi connectivity index (χ3v) is 5.11. The van der Waals surface area contributed by atoms with E-state index >= 15 is 0 Å². The molecule has 1 aromatic heterocycles. The lowest BCUT2D eigenvalue weighted by molar-refractivity contribution is 0.0776. The molecular formula is C18H23N3O3S. The average Bonchev–Trinajstić information content (AvgIpc) is 3.11. The highest BCUT2D eigenvalue weighted by Gasteiger charge is 2.22. The second-order valence-electron chi connectivity index (χ2n) is 5.83. The molecule has 0 radical (unpaired) electrons. The summed E-state index contributed by atoms with van der Waals surface area (Å²) < 4.78 is 10.2. The van der Waals surface area contributed by atoms with Crippen molar-refractivity contribution in [1.82, 2.24) is 14.8 Å². The molecule has 1 aliphatic heterocycles. The molecule has 2 heterocycles. The highest BCUT2D eigenvalue weighted by Crippen LogP contribution is 2.26. The summed E-state index contributed by atoms with van der Waals surface area (Å²) in [4.78, 5) is 20.6. The van der Waals surface area contributed by atoms with Crippen LogP contribution in [-0.4, -0.2) is 60.8 Å². The Morgan fingerprint density at radius 2 is 1.92 bits per heavy atom. The third kappa shape index (κ3) is 4.49. The molecule has 2 aromatic rings. The lowest BCUT2D eigenvalue weighted by Gasteiger charge is -2.33. The summed E-state index contributed by atoms with van der Waals surface area (Å²) in [6.45, 7) is 6.15. The van der Waals surface area contributed by atoms with Gasteiger partial charge >= 0.3 is 6.09 Å². The van der Waals surface area contributed by atoms with Crippen LogP contribution in [0.4, 0.5) is 4.79 Å². The van der Waals surface area contributed by atoms with Gasteiger partial charge in [-0.25, -0.2) is 9.78 Å². The van der Waals surface area contributed by atoms with Crippen molar-refractivity contribution in [3.05, 3.63) is 35.3 Å². The van der Waals surface area contributed by atoms with E-state index in [1.807, 2.05) is 31.2 Å². The second kappa shape index (κ2) is 8.31. The van der Waals surface area contributed by atoms with Gasteiger partial charge < -0.3 is 14.4 Å². The number of thiazole rings is 1. The monoisotopic (exact) mass is 361 g/mol. The number of rotatable bonds is 5. The Balaban J connectivity index is 1.54. The third-order valence-electron chi connectivity index (χ3n) is 4.17. The lowest BCUT2D eigenvalue weighted by Crippen LogP contribution is -2.48. The van der Waals surface area contributed by atoms with Crippen molar-refractivity contribution in [2.45, 2.75) is 13.5 Å². The first-order valence-electron chi connectivity index (χ1n) is 8.42. The van der Waals surface area contributed by atoms with Crippen LogP contribution in [0.1, 0.15) is 12.6 Å². The highest BCUT2D eigenvalue weighted by atomic mass is 32.1. The number of benzene rings is 1. The SMILES string of the molecule is CCOC(=O)N1CCN(Cc2csc(-c3ccc(OC)cc3)n2)CC1. The van der Waals surface area contributed by atoms with Crippen LogP contribution < -0.4 is 4.74 Å². The van der Waals surface area contributed by atoms with E-state index in [2.05, 4.69) is 10.3 Å². The number of amides is 1. The summed E-state index contributed by atoms with van der Waals surface area (Å²) in [5, 5.41) is 3.12. The topological polar surface area (TPSA) is 54.9 Å². The van der Waals surface area contributed by atoms with Gasteiger partial charge in [-0.15, -0.1) is 11.3 Å². The number of hydrogen-bond acceptors (Lipinski definition) is 6. The van der Waals surface area contributed by atoms with Crippen LogP contribution in [0.3, 0.4) is 0 Å². The molecule has 1 amide bonds. The smallest absolute Gasteiger partial charge is 0.409 e. The zero-order valence-corrected chi connectivity index (χ0v) is 15.4. The summed E-state index contributed by atoms with van der Waals surface area (Å²) in [5.41, 5.74) is 2.17. The van der Waals surface area contributed by atoms with E-state index < -0.39 is 0 Å². The number of nitrogens with zero attached hydrogens (tertiary/aromatic N) is 3. The van der Waals surface area contributed by atoms with Crippen LogP contribution >= 0.6 is 11.3 Å². The van der Waals surface area contributed by atoms with Gasteiger partial charge in [-0.1, -0.05) is 0 Å². The van der Waals surface area contributed by atoms with Crippen LogP contribution in [0, 0.1) is 0 Å². The average molecular weight is 361 g/mol. The van der Waals surface area contributed by atoms with Crippen LogP contribution in [0.25, 0.3) is 10.6 Å². The van der Waals surface area contributed by atoms with Crippen LogP contribution in [0.15, 0.2) is 29.6 Å². The molecule has 1 saturated heterocycles. The maximum absolute atomic E-state index is 11.7. The standard InChI is InChI=1S/C18H23N3O3S/c1-3-24-18(22)21-10-8-20(9-11-21)12-15-13-25-17(19-15)14-4-6-16(23-2)7-5-14/h4-7,13H,3,8-12H2,1-2H3. The first-order valence-corrected chi connectivity index (χ1v) is 9.30. The van der Waals surface area contributed by atoms with E-state index in [1.54, 1.807) is 23.3 Å². The van der Waals surface area contributed by atoms with Crippen LogP contribution in [0.2, 0.25) is 0 Å². The number of aromatic nitrogens is 1. The minimum absolute atomic E-state index is 0.211. The number of carbonyl (C=O) groups excluding carboxylic acids is 1. The first kappa shape index (κ1) is 17.7. The Morgan fingerprint density at radius 3 is 2.56 bits per heavy atom. The molecule has 7 heteroatoms. The summed E-state index contributed by atoms with van der Waals surface area (Å²) in [5.74, 6) is 0.847. The van der Waals surface area contributed by atoms with Gasteiger partial charge in [0.05, 0.1) is 19.4 Å². The maximum atomic E-state index is 11.7. The molecule has 1 fully saturated rings. The van der Waals surface area contributed by atoms with Crippen molar-refractivity contribution in [1.29, 1.82) is 0 Å². The number of carbonyl (C=O) groups is 1. The van der Waals surface area contributed by atoms with Crippen molar-refractivity contribution in [2.75, 3.05) is 39.9 Å². The minimum atomic E-state index is -0.211. The Labute approximate surface area is 152 Å². The van der Waals surface area contributed by atoms with E-state index in [-0.39, 0.29) is 6.09 Å². The van der Waals surface area contributed by atoms with E-state index in [9.17, 15) is 4.79 Å². The fourth-order valence-electron chi connectivity index (χ4n) is 2.78. The molecule has 0 N–H and O–H groups in total. The molecule has 1 aliphatic rings. The predicted molar refractivity (Wildman–Crippen MR) is 98.0 cm³/mol. The Kier molecular flexibility index (Phi) is 5.88. The molecule has 134 valence electrons. The molecular weight excluding hydrogens is 338 g/mol. The van der Waals surface area contributed by atoms with Gasteiger partial charge in [-0.3, -0.25) is 4.90 Å². The first-order chi connectivity index (χ1) is 12.2. The van der Waals surface area contributed by atoms with E-state index in [4.69, 9.17) is 14.5 Å². The molecule has 0 unspecified atom stereocenters. The Hall–Kier alpha value is -2.12. The van der Waals surface area contributed by atoms with Gasteiger partial charge in [0.15, 0.2) is 0 Å². The van der Waals surface area contributed by atoms with Gasteiger partial charge in [-0.05, 0) is 31.2 Å². The Bertz CT molecular complexity index is 694. The van der Waals surface area contributed by atoms with Gasteiger partial charge in [0.25, 0.3) is 0 Å². The van der Waals surface area contributed by atoms with Crippen molar-refractivity contribution in [3.63, 3.8) is 0 Å². The molecule has 1 aromatic carbocycles. The summed E-state index contributed by atoms with van der Waals surface area (Å²) in [6, 6.07) is 7.95. The normalized spacial score (nSPS) is 15.2. The molecule has 0 aliphatic carbocycles. The lowest BCUT2D eigenvalue weighted by atomic mass is 10.2. The fraction of sp³-hybridized carbons (Fsp3) is 0.444. The number of piperazine rings is 1. The van der Waals surface area contributed by atoms with Gasteiger partial charge in [0.2, 0.25) is 0 Å². The van der Waals surface area contributed by atoms with Gasteiger partial charge in [0, 0.05) is 43.7 Å². The van der Waals surface area contributed by atoms with Gasteiger partial charge in [0.1, 0.15) is 10.8 Å². The van der Waals surface area contributed by atoms with E-state index in [1.165, 1.54) is 0 Å². The van der Waals surface area contributed by atoms with Crippen molar-refractivity contribution in [2.24, 2.45) is 0 Å². The van der Waals surface area contributed by atoms with Gasteiger partial charge in [-0.2, -0.15) is 0 Å². The Morgan fingerprint density at radius 1 is 1.20 bits per heavy atom. The minimum Gasteiger partial charge on any atom is -0.497 e. The molecule has 6 nitrogen and oxygen atoms in total. The fourth-order valence-corrected chi connectivity index (χ4v) is 3.60. The van der Waals surface area contributed by atoms with Crippen LogP contribution in [-0.2, 0) is 11.3 Å². The zero-order valence-electron chi connectivity index (χ0n) is 14.6. The maximum Gasteiger partial charge on any atom is 0.409 e. The summed E-state index contributed by atoms with van der Waals surface area (Å²) in [6.07, 6.45) is -0.211. The van der Waals surface area contributed by atoms with Crippen molar-refractivity contribution in [3.8, 4) is 16.3 Å². The summed E-state index contributed by atoms with van der Waals surface area (Å²) in [7, 11) is 1.66. The second-order valence-corrected chi connectivity index (χ2v) is 6.69. The molecule has 0 atom stereocenters. The highest BCUT2D eigenvalue weighted by molar-refractivity contribution is 7.13. The number of hydrogen-bond donors (Lipinski definition) is 0. The van der Waals surface area contributed by atoms with E-state index in [0.717, 1.165) is 41.6 Å². The van der Waals surface area contributed by atoms with E-state index in [0.29, 0.717) is 19.7 Å². The van der Waals surface area contributed by atoms with Crippen molar-refractivity contribution < 1.29 is 14.3 Å². The summed E-state index contributed by atoms with van der Waals surface area (Å²) >= 11 is 1.65. The number of methoxy groups -OCH3 is 1. The predicted octanol–water partition coefficient (Wildman–Crippen LogP) is 3.09. The number of ether oxygens (including phenoxy) is 2. The molecule has 25 heavy (non-hydrogen) atoms. The largest absolute Gasteiger partial charge is 0.497 e. The molecule has 0 saturated carbocycles. The molecule has 3 rings (SSSR count). The van der Waals surface area contributed by atoms with Crippen molar-refractivity contribution >= 4 is 17.4 Å². The molecule has 0 bridgehead atoms. The van der Waals surface area contributed by atoms with Crippen LogP contribution in [0.5, 0.6) is 5.75 Å². The quantitative estimate of drug-likeness (QED) is 0.819. The zero-order chi connectivity index (χ0) is 17.6.